The van der Waals surface area contributed by atoms with E-state index < -0.39 is 5.60 Å². The van der Waals surface area contributed by atoms with Crippen LogP contribution in [0.25, 0.3) is 0 Å². The van der Waals surface area contributed by atoms with Gasteiger partial charge in [-0.3, -0.25) is 14.6 Å². The number of β-amino-alcohol motifs (C(OH)–C–C–N with tert-alkyl or cyclic N) is 1. The Morgan fingerprint density at radius 2 is 1.74 bits per heavy atom. The number of piperazine rings is 1. The van der Waals surface area contributed by atoms with E-state index >= 15 is 0 Å². The molecule has 1 saturated heterocycles. The third-order valence-electron chi connectivity index (χ3n) is 12.3. The van der Waals surface area contributed by atoms with Gasteiger partial charge in [0.1, 0.15) is 11.5 Å². The molecule has 5 heteroatoms. The average Bonchev–Trinajstić information content (AvgIpc) is 3.21. The molecule has 1 aromatic rings. The summed E-state index contributed by atoms with van der Waals surface area (Å²) in [5.41, 5.74) is 2.25. The number of fused-ring (bicyclic) bond motifs is 5. The minimum absolute atomic E-state index is 0.0352. The van der Waals surface area contributed by atoms with Gasteiger partial charge in [-0.1, -0.05) is 26.0 Å². The molecule has 1 heterocycles. The molecule has 7 atom stereocenters. The number of aryl methyl sites for hydroxylation is 1. The summed E-state index contributed by atoms with van der Waals surface area (Å²) in [4.78, 5) is 17.8. The molecule has 0 spiro atoms. The molecular formula is C33H50N2O3. The van der Waals surface area contributed by atoms with Crippen molar-refractivity contribution >= 4 is 5.78 Å². The molecule has 0 aromatic heterocycles. The third-order valence-corrected chi connectivity index (χ3v) is 12.3. The molecule has 0 radical (unpaired) electrons. The van der Waals surface area contributed by atoms with Crippen molar-refractivity contribution in [3.8, 4) is 5.75 Å². The summed E-state index contributed by atoms with van der Waals surface area (Å²) >= 11 is 0. The molecule has 1 aliphatic heterocycles. The zero-order valence-corrected chi connectivity index (χ0v) is 24.3. The summed E-state index contributed by atoms with van der Waals surface area (Å²) in [5, 5.41) is 11.9. The molecule has 6 rings (SSSR count). The Bertz CT molecular complexity index is 1050. The normalized spacial score (nSPS) is 41.9. The Balaban J connectivity index is 1.05. The van der Waals surface area contributed by atoms with Crippen LogP contribution >= 0.6 is 0 Å². The molecule has 1 N–H and O–H groups in total. The molecule has 1 aromatic carbocycles. The summed E-state index contributed by atoms with van der Waals surface area (Å²) in [6, 6.07) is 6.51. The first-order chi connectivity index (χ1) is 18.1. The summed E-state index contributed by atoms with van der Waals surface area (Å²) in [7, 11) is 1.76. The molecule has 0 amide bonds. The van der Waals surface area contributed by atoms with Gasteiger partial charge in [0.05, 0.1) is 12.7 Å². The van der Waals surface area contributed by atoms with Crippen LogP contribution in [-0.4, -0.2) is 66.1 Å². The lowest BCUT2D eigenvalue weighted by Gasteiger charge is -2.61. The number of ether oxygens (including phenoxy) is 1. The number of carbonyl (C=O) groups excluding carboxylic acids is 1. The van der Waals surface area contributed by atoms with Gasteiger partial charge >= 0.3 is 0 Å². The molecule has 4 aliphatic carbocycles. The molecule has 5 fully saturated rings. The summed E-state index contributed by atoms with van der Waals surface area (Å²) in [5.74, 6) is 4.25. The summed E-state index contributed by atoms with van der Waals surface area (Å²) in [6.45, 7) is 12.8. The summed E-state index contributed by atoms with van der Waals surface area (Å²) in [6.07, 6.45) is 9.84. The second-order valence-corrected chi connectivity index (χ2v) is 14.4. The Labute approximate surface area is 230 Å². The highest BCUT2D eigenvalue weighted by Gasteiger charge is 2.61. The summed E-state index contributed by atoms with van der Waals surface area (Å²) < 4.78 is 5.63. The zero-order valence-electron chi connectivity index (χ0n) is 24.3. The zero-order chi connectivity index (χ0) is 26.7. The monoisotopic (exact) mass is 522 g/mol. The van der Waals surface area contributed by atoms with Gasteiger partial charge in [-0.2, -0.15) is 0 Å². The maximum atomic E-state index is 12.7. The number of hydrogen-bond donors (Lipinski definition) is 1. The van der Waals surface area contributed by atoms with E-state index in [2.05, 4.69) is 48.8 Å². The number of rotatable bonds is 5. The Morgan fingerprint density at radius 1 is 0.974 bits per heavy atom. The Hall–Kier alpha value is -1.43. The average molecular weight is 523 g/mol. The number of aliphatic hydroxyl groups is 1. The molecule has 0 bridgehead atoms. The number of methoxy groups -OCH3 is 1. The largest absolute Gasteiger partial charge is 0.496 e. The number of Topliss-reactive ketones (excluding diaryl/α,β-unsaturated/α-hetero) is 1. The molecule has 5 aliphatic rings. The molecule has 38 heavy (non-hydrogen) atoms. The van der Waals surface area contributed by atoms with Crippen molar-refractivity contribution in [2.24, 2.45) is 34.5 Å². The highest BCUT2D eigenvalue weighted by Crippen LogP contribution is 2.66. The molecule has 5 nitrogen and oxygen atoms in total. The number of ketones is 1. The van der Waals surface area contributed by atoms with E-state index in [9.17, 15) is 9.90 Å². The lowest BCUT2D eigenvalue weighted by molar-refractivity contribution is -0.158. The van der Waals surface area contributed by atoms with Gasteiger partial charge < -0.3 is 9.84 Å². The minimum Gasteiger partial charge on any atom is -0.496 e. The lowest BCUT2D eigenvalue weighted by Crippen LogP contribution is -2.59. The van der Waals surface area contributed by atoms with Crippen molar-refractivity contribution < 1.29 is 14.6 Å². The van der Waals surface area contributed by atoms with Crippen molar-refractivity contribution in [1.29, 1.82) is 0 Å². The smallest absolute Gasteiger partial charge is 0.139 e. The van der Waals surface area contributed by atoms with E-state index in [4.69, 9.17) is 4.74 Å². The van der Waals surface area contributed by atoms with Crippen LogP contribution in [0.2, 0.25) is 0 Å². The topological polar surface area (TPSA) is 53.0 Å². The van der Waals surface area contributed by atoms with Crippen molar-refractivity contribution in [2.75, 3.05) is 39.8 Å². The quantitative estimate of drug-likeness (QED) is 0.556. The van der Waals surface area contributed by atoms with Gasteiger partial charge in [-0.25, -0.2) is 0 Å². The number of carbonyl (C=O) groups is 1. The van der Waals surface area contributed by atoms with E-state index in [0.717, 1.165) is 95.4 Å². The first kappa shape index (κ1) is 26.8. The molecular weight excluding hydrogens is 472 g/mol. The molecule has 210 valence electrons. The fraction of sp³-hybridized carbons (Fsp3) is 0.788. The van der Waals surface area contributed by atoms with Crippen LogP contribution in [-0.2, 0) is 11.3 Å². The highest BCUT2D eigenvalue weighted by atomic mass is 16.5. The van der Waals surface area contributed by atoms with Crippen LogP contribution in [0.4, 0.5) is 0 Å². The minimum atomic E-state index is -0.550. The van der Waals surface area contributed by atoms with E-state index in [1.807, 2.05) is 0 Å². The van der Waals surface area contributed by atoms with Gasteiger partial charge in [0, 0.05) is 56.7 Å². The fourth-order valence-corrected chi connectivity index (χ4v) is 9.98. The number of benzene rings is 1. The van der Waals surface area contributed by atoms with Crippen molar-refractivity contribution in [3.63, 3.8) is 0 Å². The first-order valence-electron chi connectivity index (χ1n) is 15.5. The van der Waals surface area contributed by atoms with Crippen LogP contribution in [0.3, 0.4) is 0 Å². The highest BCUT2D eigenvalue weighted by molar-refractivity contribution is 5.87. The fourth-order valence-electron chi connectivity index (χ4n) is 9.98. The maximum absolute atomic E-state index is 12.7. The van der Waals surface area contributed by atoms with Gasteiger partial charge in [-0.15, -0.1) is 0 Å². The van der Waals surface area contributed by atoms with E-state index in [1.165, 1.54) is 30.4 Å². The van der Waals surface area contributed by atoms with Crippen molar-refractivity contribution in [1.82, 2.24) is 9.80 Å². The SMILES string of the molecule is COc1cc(C)ccc1CN1CCN(C[C@@]2(O)CC[C@@]3(C)[C@@H](CC[C@@H]4[C@@H]3CC[C@]3(C)C(=O)CC[C@@H]43)C2)CC1. The van der Waals surface area contributed by atoms with Crippen LogP contribution in [0.5, 0.6) is 5.75 Å². The molecule has 0 unspecified atom stereocenters. The number of nitrogens with zero attached hydrogens (tertiary/aromatic N) is 2. The van der Waals surface area contributed by atoms with Gasteiger partial charge in [0.25, 0.3) is 0 Å². The predicted molar refractivity (Wildman–Crippen MR) is 151 cm³/mol. The lowest BCUT2D eigenvalue weighted by atomic mass is 9.44. The first-order valence-corrected chi connectivity index (χ1v) is 15.5. The van der Waals surface area contributed by atoms with Crippen LogP contribution in [0.1, 0.15) is 82.8 Å². The van der Waals surface area contributed by atoms with Crippen LogP contribution < -0.4 is 4.74 Å². The van der Waals surface area contributed by atoms with Crippen molar-refractivity contribution in [3.05, 3.63) is 29.3 Å². The van der Waals surface area contributed by atoms with E-state index in [-0.39, 0.29) is 5.41 Å². The van der Waals surface area contributed by atoms with Gasteiger partial charge in [-0.05, 0) is 99.0 Å². The Kier molecular flexibility index (Phi) is 6.97. The second kappa shape index (κ2) is 9.89. The van der Waals surface area contributed by atoms with E-state index in [0.29, 0.717) is 23.0 Å². The Morgan fingerprint density at radius 3 is 2.50 bits per heavy atom. The van der Waals surface area contributed by atoms with Crippen LogP contribution in [0.15, 0.2) is 18.2 Å². The second-order valence-electron chi connectivity index (χ2n) is 14.4. The van der Waals surface area contributed by atoms with E-state index in [1.54, 1.807) is 7.11 Å². The molecule has 4 saturated carbocycles. The van der Waals surface area contributed by atoms with Gasteiger partial charge in [0.15, 0.2) is 0 Å². The predicted octanol–water partition coefficient (Wildman–Crippen LogP) is 5.46. The third kappa shape index (κ3) is 4.55. The number of hydrogen-bond acceptors (Lipinski definition) is 5. The van der Waals surface area contributed by atoms with Crippen LogP contribution in [0, 0.1) is 41.4 Å². The standard InChI is InChI=1S/C33H50N2O3/c1-23-5-6-24(29(19-23)38-4)21-34-15-17-35(18-16-34)22-33(37)14-13-31(2)25(20-33)7-8-26-27-9-10-30(36)32(27,3)12-11-28(26)31/h5-6,19,25-28,37H,7-18,20-22H2,1-4H3/t25-,26-,27-,28-,31-,32-,33+/m0/s1. The van der Waals surface area contributed by atoms with Crippen molar-refractivity contribution in [2.45, 2.75) is 90.7 Å². The maximum Gasteiger partial charge on any atom is 0.139 e. The van der Waals surface area contributed by atoms with Gasteiger partial charge in [0.2, 0.25) is 0 Å².